The van der Waals surface area contributed by atoms with E-state index >= 15 is 0 Å². The molecule has 0 aromatic heterocycles. The van der Waals surface area contributed by atoms with E-state index in [1.807, 2.05) is 50.3 Å². The lowest BCUT2D eigenvalue weighted by atomic mass is 9.72. The average Bonchev–Trinajstić information content (AvgIpc) is 2.85. The van der Waals surface area contributed by atoms with E-state index in [1.54, 1.807) is 0 Å². The minimum Gasteiger partial charge on any atom is -0.382 e. The first-order valence-electron chi connectivity index (χ1n) is 16.0. The maximum atomic E-state index is 10.9. The largest absolute Gasteiger partial charge is 0.382 e. The summed E-state index contributed by atoms with van der Waals surface area (Å²) in [5.74, 6) is 0. The Labute approximate surface area is 258 Å². The molecule has 0 spiro atoms. The van der Waals surface area contributed by atoms with E-state index in [0.29, 0.717) is 0 Å². The molecule has 2 atom stereocenters. The maximum Gasteiger partial charge on any atom is 0.0986 e. The SMILES string of the molecule is CC1=C(/C=C/C(C)(O)/C=C/C=C(\C)C/C=C/C/C(C)=C/C=C/C(C)(O)/C=C/C2=C(C)CCCC2(C)C)C(C)(C)CCC1. The summed E-state index contributed by atoms with van der Waals surface area (Å²) < 4.78 is 0. The Bertz CT molecular complexity index is 1100. The van der Waals surface area contributed by atoms with E-state index < -0.39 is 11.2 Å². The van der Waals surface area contributed by atoms with Gasteiger partial charge in [-0.15, -0.1) is 0 Å². The molecule has 2 heteroatoms. The topological polar surface area (TPSA) is 40.5 Å². The van der Waals surface area contributed by atoms with Crippen molar-refractivity contribution in [2.75, 3.05) is 0 Å². The minimum absolute atomic E-state index is 0.172. The summed E-state index contributed by atoms with van der Waals surface area (Å²) in [7, 11) is 0. The third-order valence-corrected chi connectivity index (χ3v) is 8.93. The van der Waals surface area contributed by atoms with Crippen LogP contribution in [0.5, 0.6) is 0 Å². The number of hydrogen-bond donors (Lipinski definition) is 2. The van der Waals surface area contributed by atoms with E-state index in [1.165, 1.54) is 59.1 Å². The second-order valence-electron chi connectivity index (χ2n) is 14.6. The van der Waals surface area contributed by atoms with Gasteiger partial charge < -0.3 is 10.2 Å². The smallest absolute Gasteiger partial charge is 0.0986 e. The summed E-state index contributed by atoms with van der Waals surface area (Å²) in [5.41, 5.74) is 6.49. The highest BCUT2D eigenvalue weighted by Gasteiger charge is 2.28. The summed E-state index contributed by atoms with van der Waals surface area (Å²) in [6.07, 6.45) is 33.2. The first kappa shape index (κ1) is 35.8. The molecule has 0 saturated heterocycles. The van der Waals surface area contributed by atoms with E-state index in [-0.39, 0.29) is 10.8 Å². The maximum absolute atomic E-state index is 10.9. The van der Waals surface area contributed by atoms with Gasteiger partial charge in [0, 0.05) is 0 Å². The molecule has 0 heterocycles. The van der Waals surface area contributed by atoms with Crippen molar-refractivity contribution >= 4 is 0 Å². The lowest BCUT2D eigenvalue weighted by molar-refractivity contribution is 0.163. The molecule has 0 saturated carbocycles. The number of hydrogen-bond acceptors (Lipinski definition) is 2. The molecule has 0 aliphatic heterocycles. The Hall–Kier alpha value is -2.42. The standard InChI is InChI=1S/C40H60O2/c1-31(19-13-27-39(9,41)29-23-35-33(3)21-15-25-37(35,5)6)17-11-12-18-32(2)20-14-28-40(10,42)30-24-36-34(4)22-16-26-38(36,7)8/h11-14,19-20,23-24,27-30,41-42H,15-18,21-22,25-26H2,1-10H3/b12-11+,27-13+,28-14+,29-23+,30-24+,31-19+,32-20+. The highest BCUT2D eigenvalue weighted by Crippen LogP contribution is 2.42. The van der Waals surface area contributed by atoms with Crippen LogP contribution < -0.4 is 0 Å². The fourth-order valence-electron chi connectivity index (χ4n) is 6.12. The monoisotopic (exact) mass is 572 g/mol. The van der Waals surface area contributed by atoms with Crippen LogP contribution in [0, 0.1) is 10.8 Å². The molecule has 0 radical (unpaired) electrons. The van der Waals surface area contributed by atoms with Crippen molar-refractivity contribution in [3.8, 4) is 0 Å². The molecule has 0 aromatic rings. The van der Waals surface area contributed by atoms with Crippen molar-refractivity contribution in [3.05, 3.63) is 106 Å². The van der Waals surface area contributed by atoms with Crippen molar-refractivity contribution < 1.29 is 10.2 Å². The van der Waals surface area contributed by atoms with Gasteiger partial charge in [-0.3, -0.25) is 0 Å². The summed E-state index contributed by atoms with van der Waals surface area (Å²) in [5, 5.41) is 21.7. The predicted octanol–water partition coefficient (Wildman–Crippen LogP) is 11.0. The van der Waals surface area contributed by atoms with Crippen molar-refractivity contribution in [2.24, 2.45) is 10.8 Å². The number of rotatable bonds is 12. The van der Waals surface area contributed by atoms with E-state index in [2.05, 4.69) is 91.8 Å². The van der Waals surface area contributed by atoms with Gasteiger partial charge >= 0.3 is 0 Å². The van der Waals surface area contributed by atoms with Crippen LogP contribution in [0.1, 0.15) is 121 Å². The molecule has 2 rings (SSSR count). The van der Waals surface area contributed by atoms with Crippen molar-refractivity contribution in [2.45, 2.75) is 132 Å². The Morgan fingerprint density at radius 3 is 1.36 bits per heavy atom. The predicted molar refractivity (Wildman–Crippen MR) is 184 cm³/mol. The zero-order valence-electron chi connectivity index (χ0n) is 28.5. The normalized spacial score (nSPS) is 23.7. The zero-order valence-corrected chi connectivity index (χ0v) is 28.5. The van der Waals surface area contributed by atoms with E-state index in [0.717, 1.165) is 25.7 Å². The lowest BCUT2D eigenvalue weighted by Crippen LogP contribution is -2.21. The number of allylic oxidation sites excluding steroid dienone is 14. The second-order valence-corrected chi connectivity index (χ2v) is 14.6. The Morgan fingerprint density at radius 2 is 1.02 bits per heavy atom. The highest BCUT2D eigenvalue weighted by molar-refractivity contribution is 5.36. The Balaban J connectivity index is 1.86. The van der Waals surface area contributed by atoms with Gasteiger partial charge in [0.2, 0.25) is 0 Å². The van der Waals surface area contributed by atoms with Gasteiger partial charge in [-0.25, -0.2) is 0 Å². The summed E-state index contributed by atoms with van der Waals surface area (Å²) >= 11 is 0. The van der Waals surface area contributed by atoms with Crippen LogP contribution in [0.4, 0.5) is 0 Å². The Morgan fingerprint density at radius 1 is 0.667 bits per heavy atom. The highest BCUT2D eigenvalue weighted by atomic mass is 16.3. The van der Waals surface area contributed by atoms with Crippen LogP contribution >= 0.6 is 0 Å². The molecule has 2 nitrogen and oxygen atoms in total. The molecule has 2 unspecified atom stereocenters. The molecule has 0 fully saturated rings. The Kier molecular flexibility index (Phi) is 13.1. The van der Waals surface area contributed by atoms with Gasteiger partial charge in [0.1, 0.15) is 0 Å². The fraction of sp³-hybridized carbons (Fsp3) is 0.550. The van der Waals surface area contributed by atoms with Crippen molar-refractivity contribution in [1.82, 2.24) is 0 Å². The third kappa shape index (κ3) is 12.1. The first-order chi connectivity index (χ1) is 19.4. The van der Waals surface area contributed by atoms with Crippen LogP contribution in [0.25, 0.3) is 0 Å². The third-order valence-electron chi connectivity index (χ3n) is 8.93. The van der Waals surface area contributed by atoms with Gasteiger partial charge in [-0.1, -0.05) is 98.6 Å². The van der Waals surface area contributed by atoms with Crippen LogP contribution in [-0.4, -0.2) is 21.4 Å². The zero-order chi connectivity index (χ0) is 31.6. The van der Waals surface area contributed by atoms with Crippen LogP contribution in [0.2, 0.25) is 0 Å². The summed E-state index contributed by atoms with van der Waals surface area (Å²) in [6.45, 7) is 21.6. The molecular formula is C40H60O2. The minimum atomic E-state index is -0.980. The van der Waals surface area contributed by atoms with Crippen LogP contribution in [-0.2, 0) is 0 Å². The molecule has 0 bridgehead atoms. The molecule has 232 valence electrons. The fourth-order valence-corrected chi connectivity index (χ4v) is 6.12. The van der Waals surface area contributed by atoms with Crippen molar-refractivity contribution in [3.63, 3.8) is 0 Å². The van der Waals surface area contributed by atoms with E-state index in [9.17, 15) is 10.2 Å². The van der Waals surface area contributed by atoms with Gasteiger partial charge in [0.25, 0.3) is 0 Å². The van der Waals surface area contributed by atoms with Gasteiger partial charge in [-0.05, 0) is 139 Å². The number of aliphatic hydroxyl groups is 2. The molecule has 0 amide bonds. The average molecular weight is 573 g/mol. The molecular weight excluding hydrogens is 512 g/mol. The van der Waals surface area contributed by atoms with E-state index in [4.69, 9.17) is 0 Å². The van der Waals surface area contributed by atoms with Gasteiger partial charge in [0.15, 0.2) is 0 Å². The van der Waals surface area contributed by atoms with Gasteiger partial charge in [-0.2, -0.15) is 0 Å². The summed E-state index contributed by atoms with van der Waals surface area (Å²) in [4.78, 5) is 0. The summed E-state index contributed by atoms with van der Waals surface area (Å²) in [6, 6.07) is 0. The molecule has 2 N–H and O–H groups in total. The van der Waals surface area contributed by atoms with Crippen LogP contribution in [0.3, 0.4) is 0 Å². The second kappa shape index (κ2) is 15.3. The van der Waals surface area contributed by atoms with Gasteiger partial charge in [0.05, 0.1) is 11.2 Å². The first-order valence-corrected chi connectivity index (χ1v) is 16.0. The van der Waals surface area contributed by atoms with Crippen LogP contribution in [0.15, 0.2) is 106 Å². The quantitative estimate of drug-likeness (QED) is 0.180. The molecule has 0 aromatic carbocycles. The molecule has 42 heavy (non-hydrogen) atoms. The molecule has 2 aliphatic rings. The van der Waals surface area contributed by atoms with Crippen molar-refractivity contribution in [1.29, 1.82) is 0 Å². The molecule has 2 aliphatic carbocycles. The lowest BCUT2D eigenvalue weighted by Gasteiger charge is -2.33.